The molecular weight excluding hydrogens is 336 g/mol. The predicted molar refractivity (Wildman–Crippen MR) is 93.2 cm³/mol. The van der Waals surface area contributed by atoms with Crippen molar-refractivity contribution in [1.82, 2.24) is 10.1 Å². The van der Waals surface area contributed by atoms with E-state index in [1.807, 2.05) is 18.2 Å². The van der Waals surface area contributed by atoms with E-state index in [9.17, 15) is 4.79 Å². The Hall–Kier alpha value is -2.67. The number of aliphatic carboxylic acids is 1. The van der Waals surface area contributed by atoms with Gasteiger partial charge in [-0.2, -0.15) is 0 Å². The quantitative estimate of drug-likeness (QED) is 0.842. The summed E-state index contributed by atoms with van der Waals surface area (Å²) in [6.45, 7) is 6.04. The summed E-state index contributed by atoms with van der Waals surface area (Å²) in [5, 5.41) is 11.6. The molecule has 1 aromatic carbocycles. The average Bonchev–Trinajstić information content (AvgIpc) is 3.27. The molecule has 0 spiro atoms. The fourth-order valence-corrected chi connectivity index (χ4v) is 3.29. The summed E-state index contributed by atoms with van der Waals surface area (Å²) in [5.41, 5.74) is 3.14. The van der Waals surface area contributed by atoms with Crippen LogP contribution in [0.15, 0.2) is 34.9 Å². The van der Waals surface area contributed by atoms with Gasteiger partial charge in [0, 0.05) is 37.6 Å². The van der Waals surface area contributed by atoms with E-state index in [1.165, 1.54) is 5.56 Å². The second-order valence-corrected chi connectivity index (χ2v) is 6.75. The van der Waals surface area contributed by atoms with Crippen molar-refractivity contribution < 1.29 is 24.0 Å². The van der Waals surface area contributed by atoms with E-state index in [0.29, 0.717) is 19.1 Å². The number of aromatic nitrogens is 1. The highest BCUT2D eigenvalue weighted by Crippen LogP contribution is 2.31. The summed E-state index contributed by atoms with van der Waals surface area (Å²) in [5.74, 6) is 0.334. The lowest BCUT2D eigenvalue weighted by Gasteiger charge is -2.13. The Morgan fingerprint density at radius 1 is 1.31 bits per heavy atom. The van der Waals surface area contributed by atoms with Crippen molar-refractivity contribution in [3.63, 3.8) is 0 Å². The molecule has 2 saturated heterocycles. The summed E-state index contributed by atoms with van der Waals surface area (Å²) >= 11 is 0. The van der Waals surface area contributed by atoms with Crippen molar-refractivity contribution in [1.29, 1.82) is 0 Å². The number of aryl methyl sites for hydroxylation is 1. The predicted octanol–water partition coefficient (Wildman–Crippen LogP) is 2.35. The van der Waals surface area contributed by atoms with Crippen LogP contribution < -0.4 is 0 Å². The monoisotopic (exact) mass is 358 g/mol. The number of benzene rings is 1. The van der Waals surface area contributed by atoms with Crippen LogP contribution in [0, 0.1) is 18.8 Å². The van der Waals surface area contributed by atoms with Crippen LogP contribution in [0.4, 0.5) is 0 Å². The highest BCUT2D eigenvalue weighted by Gasteiger charge is 2.43. The highest BCUT2D eigenvalue weighted by molar-refractivity contribution is 5.75. The molecule has 26 heavy (non-hydrogen) atoms. The number of likely N-dealkylation sites (tertiary alicyclic amines) is 1. The molecule has 2 aliphatic heterocycles. The summed E-state index contributed by atoms with van der Waals surface area (Å²) in [7, 11) is 0. The zero-order valence-electron chi connectivity index (χ0n) is 14.8. The van der Waals surface area contributed by atoms with Crippen LogP contribution in [0.3, 0.4) is 0 Å². The van der Waals surface area contributed by atoms with Gasteiger partial charge in [0.15, 0.2) is 5.76 Å². The summed E-state index contributed by atoms with van der Waals surface area (Å²) in [6.07, 6.45) is 0. The zero-order chi connectivity index (χ0) is 18.7. The number of hydrogen-bond donors (Lipinski definition) is 1. The van der Waals surface area contributed by atoms with Gasteiger partial charge in [-0.25, -0.2) is 0 Å². The van der Waals surface area contributed by atoms with Gasteiger partial charge >= 0.3 is 5.97 Å². The molecule has 0 unspecified atom stereocenters. The van der Waals surface area contributed by atoms with E-state index < -0.39 is 5.97 Å². The molecular formula is C19H22N2O5. The van der Waals surface area contributed by atoms with Gasteiger partial charge in [-0.1, -0.05) is 35.0 Å². The van der Waals surface area contributed by atoms with E-state index in [4.69, 9.17) is 19.2 Å². The van der Waals surface area contributed by atoms with Crippen molar-refractivity contribution in [2.45, 2.75) is 20.4 Å². The second kappa shape index (κ2) is 7.70. The summed E-state index contributed by atoms with van der Waals surface area (Å²) < 4.78 is 10.5. The Bertz CT molecular complexity index is 779. The molecule has 4 rings (SSSR count). The fourth-order valence-electron chi connectivity index (χ4n) is 3.29. The lowest BCUT2D eigenvalue weighted by molar-refractivity contribution is -0.141. The number of carbonyl (C=O) groups excluding carboxylic acids is 1. The van der Waals surface area contributed by atoms with Crippen LogP contribution in [0.2, 0.25) is 0 Å². The lowest BCUT2D eigenvalue weighted by atomic mass is 10.0. The molecule has 2 atom stereocenters. The fraction of sp³-hybridized carbons (Fsp3) is 0.421. The number of carboxylic acids is 1. The number of ether oxygens (including phenoxy) is 1. The van der Waals surface area contributed by atoms with Crippen LogP contribution in [-0.4, -0.2) is 46.8 Å². The molecule has 0 aliphatic carbocycles. The molecule has 0 radical (unpaired) electrons. The largest absolute Gasteiger partial charge is 0.481 e. The van der Waals surface area contributed by atoms with E-state index in [-0.39, 0.29) is 11.9 Å². The molecule has 7 nitrogen and oxygen atoms in total. The molecule has 0 saturated carbocycles. The van der Waals surface area contributed by atoms with Gasteiger partial charge in [0.1, 0.15) is 5.69 Å². The number of hydrogen-bond acceptors (Lipinski definition) is 6. The normalized spacial score (nSPS) is 21.7. The zero-order valence-corrected chi connectivity index (χ0v) is 14.8. The Balaban J connectivity index is 0.000000447. The smallest absolute Gasteiger partial charge is 0.310 e. The summed E-state index contributed by atoms with van der Waals surface area (Å²) in [4.78, 5) is 22.8. The lowest BCUT2D eigenvalue weighted by Crippen LogP contribution is -2.23. The average molecular weight is 358 g/mol. The van der Waals surface area contributed by atoms with Crippen LogP contribution >= 0.6 is 0 Å². The Labute approximate surface area is 151 Å². The third-order valence-electron chi connectivity index (χ3n) is 4.54. The van der Waals surface area contributed by atoms with Gasteiger partial charge in [0.05, 0.1) is 19.1 Å². The Morgan fingerprint density at radius 3 is 2.65 bits per heavy atom. The van der Waals surface area contributed by atoms with Gasteiger partial charge in [-0.3, -0.25) is 14.5 Å². The van der Waals surface area contributed by atoms with Crippen LogP contribution in [0.25, 0.3) is 11.3 Å². The molecule has 2 aromatic rings. The van der Waals surface area contributed by atoms with Crippen LogP contribution in [-0.2, 0) is 20.9 Å². The Kier molecular flexibility index (Phi) is 5.37. The molecule has 0 amide bonds. The van der Waals surface area contributed by atoms with E-state index in [0.717, 1.165) is 37.0 Å². The van der Waals surface area contributed by atoms with Gasteiger partial charge in [0.25, 0.3) is 5.97 Å². The van der Waals surface area contributed by atoms with Crippen LogP contribution in [0.1, 0.15) is 18.2 Å². The highest BCUT2D eigenvalue weighted by atomic mass is 16.5. The topological polar surface area (TPSA) is 92.9 Å². The number of nitrogens with zero attached hydrogens (tertiary/aromatic N) is 2. The molecule has 0 bridgehead atoms. The number of fused-ring (bicyclic) bond motifs is 1. The third kappa shape index (κ3) is 4.29. The molecule has 1 aromatic heterocycles. The first-order valence-corrected chi connectivity index (χ1v) is 8.53. The first-order chi connectivity index (χ1) is 12.4. The van der Waals surface area contributed by atoms with Gasteiger partial charge < -0.3 is 14.4 Å². The van der Waals surface area contributed by atoms with Crippen molar-refractivity contribution >= 4 is 11.9 Å². The molecule has 7 heteroatoms. The molecule has 3 heterocycles. The molecule has 138 valence electrons. The minimum Gasteiger partial charge on any atom is -0.481 e. The minimum atomic E-state index is -0.833. The standard InChI is InChI=1S/C17H18N2O3.C2H4O2/c1-11-2-4-12(5-3-11)16-6-14(22-18-16)8-19-7-13-10-21-17(20)15(13)9-19;1-2(3)4/h2-6,13,15H,7-10H2,1H3;1H3,(H,3,4)/t13-,15-;/m1./s1. The first kappa shape index (κ1) is 18.1. The molecule has 1 N–H and O–H groups in total. The number of carboxylic acid groups (broad SMARTS) is 1. The van der Waals surface area contributed by atoms with Crippen molar-refractivity contribution in [2.24, 2.45) is 11.8 Å². The van der Waals surface area contributed by atoms with Gasteiger partial charge in [-0.05, 0) is 6.92 Å². The van der Waals surface area contributed by atoms with Crippen molar-refractivity contribution in [3.05, 3.63) is 41.7 Å². The second-order valence-electron chi connectivity index (χ2n) is 6.75. The van der Waals surface area contributed by atoms with Crippen molar-refractivity contribution in [3.8, 4) is 11.3 Å². The number of carbonyl (C=O) groups is 2. The van der Waals surface area contributed by atoms with E-state index in [2.05, 4.69) is 29.1 Å². The first-order valence-electron chi connectivity index (χ1n) is 8.53. The minimum absolute atomic E-state index is 0.0412. The van der Waals surface area contributed by atoms with Crippen molar-refractivity contribution in [2.75, 3.05) is 19.7 Å². The maximum absolute atomic E-state index is 11.6. The van der Waals surface area contributed by atoms with Gasteiger partial charge in [0.2, 0.25) is 0 Å². The number of esters is 1. The maximum atomic E-state index is 11.6. The van der Waals surface area contributed by atoms with E-state index in [1.54, 1.807) is 0 Å². The summed E-state index contributed by atoms with van der Waals surface area (Å²) in [6, 6.07) is 10.2. The van der Waals surface area contributed by atoms with Crippen LogP contribution in [0.5, 0.6) is 0 Å². The Morgan fingerprint density at radius 2 is 2.00 bits per heavy atom. The van der Waals surface area contributed by atoms with Gasteiger partial charge in [-0.15, -0.1) is 0 Å². The maximum Gasteiger partial charge on any atom is 0.310 e. The number of rotatable bonds is 3. The van der Waals surface area contributed by atoms with E-state index >= 15 is 0 Å². The molecule has 2 fully saturated rings. The number of cyclic esters (lactones) is 1. The SMILES string of the molecule is CC(=O)O.Cc1ccc(-c2cc(CN3C[C@@H]4COC(=O)[C@@H]4C3)on2)cc1. The third-order valence-corrected chi connectivity index (χ3v) is 4.54. The molecule has 2 aliphatic rings.